The molecule has 0 amide bonds. The van der Waals surface area contributed by atoms with E-state index in [2.05, 4.69) is 42.9 Å². The first-order valence-corrected chi connectivity index (χ1v) is 3.28. The number of hydrogen-bond donors (Lipinski definition) is 0. The lowest BCUT2D eigenvalue weighted by molar-refractivity contribution is -0.693. The van der Waals surface area contributed by atoms with Crippen LogP contribution in [0.5, 0.6) is 0 Å². The zero-order valence-electron chi connectivity index (χ0n) is 6.34. The van der Waals surface area contributed by atoms with Crippen LogP contribution in [0.15, 0.2) is 24.5 Å². The van der Waals surface area contributed by atoms with E-state index >= 15 is 0 Å². The van der Waals surface area contributed by atoms with E-state index in [9.17, 15) is 0 Å². The first kappa shape index (κ1) is 9.88. The van der Waals surface area contributed by atoms with Crippen LogP contribution in [0.1, 0.15) is 12.5 Å². The molecule has 1 aromatic rings. The highest BCUT2D eigenvalue weighted by Crippen LogP contribution is 1.88. The van der Waals surface area contributed by atoms with Crippen LogP contribution >= 0.6 is 0 Å². The van der Waals surface area contributed by atoms with E-state index in [-0.39, 0.29) is 24.0 Å². The van der Waals surface area contributed by atoms with Crippen LogP contribution < -0.4 is 28.5 Å². The van der Waals surface area contributed by atoms with Crippen molar-refractivity contribution >= 4 is 0 Å². The van der Waals surface area contributed by atoms with Crippen molar-refractivity contribution in [2.45, 2.75) is 20.4 Å². The highest BCUT2D eigenvalue weighted by molar-refractivity contribution is 5.01. The summed E-state index contributed by atoms with van der Waals surface area (Å²) in [5.41, 5.74) is 1.32. The third-order valence-electron chi connectivity index (χ3n) is 1.37. The lowest BCUT2D eigenvalue weighted by Gasteiger charge is -1.90. The van der Waals surface area contributed by atoms with Crippen LogP contribution in [0, 0.1) is 6.92 Å². The third kappa shape index (κ3) is 2.64. The maximum absolute atomic E-state index is 2.16. The summed E-state index contributed by atoms with van der Waals surface area (Å²) in [6, 6.07) is 4.17. The van der Waals surface area contributed by atoms with Crippen molar-refractivity contribution in [2.24, 2.45) is 0 Å². The molecule has 0 aliphatic carbocycles. The molecule has 10 heavy (non-hydrogen) atoms. The van der Waals surface area contributed by atoms with Crippen molar-refractivity contribution in [3.8, 4) is 0 Å². The highest BCUT2D eigenvalue weighted by Gasteiger charge is 1.92. The monoisotopic (exact) mass is 249 g/mol. The highest BCUT2D eigenvalue weighted by atomic mass is 127. The van der Waals surface area contributed by atoms with Gasteiger partial charge in [0.1, 0.15) is 6.54 Å². The average molecular weight is 249 g/mol. The Morgan fingerprint density at radius 3 is 2.60 bits per heavy atom. The van der Waals surface area contributed by atoms with Crippen molar-refractivity contribution in [3.63, 3.8) is 0 Å². The van der Waals surface area contributed by atoms with E-state index in [1.54, 1.807) is 0 Å². The molecule has 0 aliphatic heterocycles. The Morgan fingerprint density at radius 2 is 2.20 bits per heavy atom. The Balaban J connectivity index is 0.000000810. The van der Waals surface area contributed by atoms with Crippen LogP contribution in [-0.2, 0) is 6.54 Å². The van der Waals surface area contributed by atoms with Gasteiger partial charge < -0.3 is 24.0 Å². The molecule has 0 unspecified atom stereocenters. The number of hydrogen-bond acceptors (Lipinski definition) is 0. The number of aromatic nitrogens is 1. The summed E-state index contributed by atoms with van der Waals surface area (Å²) in [5.74, 6) is 0. The fraction of sp³-hybridized carbons (Fsp3) is 0.375. The fourth-order valence-electron chi connectivity index (χ4n) is 0.850. The predicted molar refractivity (Wildman–Crippen MR) is 37.0 cm³/mol. The van der Waals surface area contributed by atoms with E-state index in [1.165, 1.54) is 5.56 Å². The Bertz CT molecular complexity index is 198. The van der Waals surface area contributed by atoms with Crippen molar-refractivity contribution in [3.05, 3.63) is 30.1 Å². The Kier molecular flexibility index (Phi) is 4.60. The van der Waals surface area contributed by atoms with Gasteiger partial charge in [-0.3, -0.25) is 0 Å². The summed E-state index contributed by atoms with van der Waals surface area (Å²) in [6.45, 7) is 5.30. The molecule has 1 aromatic heterocycles. The Labute approximate surface area is 79.1 Å². The van der Waals surface area contributed by atoms with Gasteiger partial charge in [0, 0.05) is 11.6 Å². The normalized spacial score (nSPS) is 8.60. The minimum Gasteiger partial charge on any atom is -1.00 e. The fourth-order valence-corrected chi connectivity index (χ4v) is 0.850. The van der Waals surface area contributed by atoms with Crippen LogP contribution in [0.3, 0.4) is 0 Å². The molecular formula is C8H12IN. The first-order valence-electron chi connectivity index (χ1n) is 3.28. The van der Waals surface area contributed by atoms with Crippen molar-refractivity contribution in [1.82, 2.24) is 0 Å². The molecule has 0 radical (unpaired) electrons. The topological polar surface area (TPSA) is 3.88 Å². The second-order valence-electron chi connectivity index (χ2n) is 2.21. The SMILES string of the molecule is CC[n+]1cccc(C)c1.[I-]. The lowest BCUT2D eigenvalue weighted by Crippen LogP contribution is -3.00. The van der Waals surface area contributed by atoms with Crippen molar-refractivity contribution < 1.29 is 28.5 Å². The molecule has 0 bridgehead atoms. The largest absolute Gasteiger partial charge is 1.00 e. The quantitative estimate of drug-likeness (QED) is 0.413. The molecule has 0 aliphatic rings. The summed E-state index contributed by atoms with van der Waals surface area (Å²) < 4.78 is 2.16. The van der Waals surface area contributed by atoms with Gasteiger partial charge in [0.2, 0.25) is 0 Å². The standard InChI is InChI=1S/C8H12N.HI/c1-3-9-6-4-5-8(2)7-9;/h4-7H,3H2,1-2H3;1H/q+1;/p-1. The first-order chi connectivity index (χ1) is 4.33. The second-order valence-corrected chi connectivity index (χ2v) is 2.21. The van der Waals surface area contributed by atoms with Gasteiger partial charge in [0.05, 0.1) is 0 Å². The maximum Gasteiger partial charge on any atom is 0.171 e. The van der Waals surface area contributed by atoms with E-state index in [4.69, 9.17) is 0 Å². The summed E-state index contributed by atoms with van der Waals surface area (Å²) >= 11 is 0. The zero-order valence-corrected chi connectivity index (χ0v) is 8.50. The number of halogens is 1. The third-order valence-corrected chi connectivity index (χ3v) is 1.37. The Hall–Kier alpha value is -0.120. The van der Waals surface area contributed by atoms with Crippen LogP contribution in [-0.4, -0.2) is 0 Å². The van der Waals surface area contributed by atoms with Gasteiger partial charge in [0.25, 0.3) is 0 Å². The number of nitrogens with zero attached hydrogens (tertiary/aromatic N) is 1. The summed E-state index contributed by atoms with van der Waals surface area (Å²) in [7, 11) is 0. The van der Waals surface area contributed by atoms with Crippen molar-refractivity contribution in [2.75, 3.05) is 0 Å². The molecule has 0 N–H and O–H groups in total. The molecular weight excluding hydrogens is 237 g/mol. The molecule has 0 saturated carbocycles. The van der Waals surface area contributed by atoms with Crippen LogP contribution in [0.2, 0.25) is 0 Å². The van der Waals surface area contributed by atoms with Gasteiger partial charge >= 0.3 is 0 Å². The van der Waals surface area contributed by atoms with E-state index in [0.29, 0.717) is 0 Å². The van der Waals surface area contributed by atoms with E-state index in [0.717, 1.165) is 6.54 Å². The maximum atomic E-state index is 2.16. The molecule has 1 nitrogen and oxygen atoms in total. The molecule has 1 rings (SSSR count). The van der Waals surface area contributed by atoms with Crippen LogP contribution in [0.4, 0.5) is 0 Å². The molecule has 0 spiro atoms. The van der Waals surface area contributed by atoms with Crippen LogP contribution in [0.25, 0.3) is 0 Å². The minimum absolute atomic E-state index is 0. The summed E-state index contributed by atoms with van der Waals surface area (Å²) in [5, 5.41) is 0. The molecule has 0 fully saturated rings. The molecule has 0 atom stereocenters. The number of pyridine rings is 1. The molecule has 56 valence electrons. The van der Waals surface area contributed by atoms with Gasteiger partial charge in [-0.05, 0) is 19.9 Å². The molecule has 0 aromatic carbocycles. The molecule has 2 heteroatoms. The number of rotatable bonds is 1. The summed E-state index contributed by atoms with van der Waals surface area (Å²) in [6.07, 6.45) is 4.22. The average Bonchev–Trinajstić information content (AvgIpc) is 1.88. The number of aryl methyl sites for hydroxylation is 2. The van der Waals surface area contributed by atoms with Gasteiger partial charge in [-0.2, -0.15) is 0 Å². The second kappa shape index (κ2) is 4.66. The summed E-state index contributed by atoms with van der Waals surface area (Å²) in [4.78, 5) is 0. The smallest absolute Gasteiger partial charge is 0.171 e. The van der Waals surface area contributed by atoms with Gasteiger partial charge in [0.15, 0.2) is 12.4 Å². The van der Waals surface area contributed by atoms with E-state index < -0.39 is 0 Å². The van der Waals surface area contributed by atoms with Gasteiger partial charge in [-0.15, -0.1) is 0 Å². The zero-order chi connectivity index (χ0) is 6.69. The minimum atomic E-state index is 0. The Morgan fingerprint density at radius 1 is 1.50 bits per heavy atom. The molecule has 1 heterocycles. The van der Waals surface area contributed by atoms with Crippen molar-refractivity contribution in [1.29, 1.82) is 0 Å². The van der Waals surface area contributed by atoms with E-state index in [1.807, 2.05) is 0 Å². The van der Waals surface area contributed by atoms with Gasteiger partial charge in [-0.25, -0.2) is 4.57 Å². The van der Waals surface area contributed by atoms with Gasteiger partial charge in [-0.1, -0.05) is 0 Å². The lowest BCUT2D eigenvalue weighted by atomic mass is 10.3. The predicted octanol–water partition coefficient (Wildman–Crippen LogP) is -1.69. The molecule has 0 saturated heterocycles.